The largest absolute Gasteiger partial charge is 0.490 e. The van der Waals surface area contributed by atoms with Crippen LogP contribution in [0.25, 0.3) is 26.3 Å². The summed E-state index contributed by atoms with van der Waals surface area (Å²) < 4.78 is 48.2. The van der Waals surface area contributed by atoms with Crippen molar-refractivity contribution < 1.29 is 32.6 Å². The van der Waals surface area contributed by atoms with E-state index in [9.17, 15) is 19.2 Å². The third kappa shape index (κ3) is 8.73. The monoisotopic (exact) mass is 735 g/mol. The number of nitrogens with one attached hydrogen (secondary N) is 2. The second-order valence-electron chi connectivity index (χ2n) is 11.8. The Kier molecular flexibility index (Phi) is 12.5. The van der Waals surface area contributed by atoms with Crippen LogP contribution in [0.4, 0.5) is 19.3 Å². The summed E-state index contributed by atoms with van der Waals surface area (Å²) in [5, 5.41) is 5.66. The van der Waals surface area contributed by atoms with Crippen LogP contribution in [0.3, 0.4) is 0 Å². The molecule has 2 heterocycles. The van der Waals surface area contributed by atoms with Crippen molar-refractivity contribution in [3.63, 3.8) is 0 Å². The zero-order chi connectivity index (χ0) is 37.4. The summed E-state index contributed by atoms with van der Waals surface area (Å²) in [5.74, 6) is -1.70. The molecule has 0 aliphatic rings. The van der Waals surface area contributed by atoms with Gasteiger partial charge in [0.05, 0.1) is 24.2 Å². The fourth-order valence-electron chi connectivity index (χ4n) is 5.53. The molecule has 274 valence electrons. The van der Waals surface area contributed by atoms with Gasteiger partial charge in [0.15, 0.2) is 0 Å². The van der Waals surface area contributed by atoms with Crippen LogP contribution in [-0.2, 0) is 27.4 Å². The van der Waals surface area contributed by atoms with Crippen LogP contribution in [0.5, 0.6) is 5.75 Å². The number of carbonyl (C=O) groups excluding carboxylic acids is 2. The van der Waals surface area contributed by atoms with E-state index in [1.54, 1.807) is 43.5 Å². The van der Waals surface area contributed by atoms with Gasteiger partial charge in [0.2, 0.25) is 0 Å². The number of thiophene rings is 1. The maximum Gasteiger partial charge on any atom is 0.337 e. The minimum absolute atomic E-state index is 0.0417. The molecule has 0 unspecified atom stereocenters. The first kappa shape index (κ1) is 37.9. The first-order valence-electron chi connectivity index (χ1n) is 16.5. The molecule has 5 rings (SSSR count). The molecule has 0 aliphatic carbocycles. The first-order chi connectivity index (χ1) is 25.0. The summed E-state index contributed by atoms with van der Waals surface area (Å²) in [6.45, 7) is 4.42. The van der Waals surface area contributed by atoms with Crippen molar-refractivity contribution in [1.29, 1.82) is 0 Å². The van der Waals surface area contributed by atoms with Gasteiger partial charge in [-0.2, -0.15) is 0 Å². The van der Waals surface area contributed by atoms with Crippen LogP contribution in [0.2, 0.25) is 0 Å². The Bertz CT molecular complexity index is 2150. The Labute approximate surface area is 302 Å². The summed E-state index contributed by atoms with van der Waals surface area (Å²) in [7, 11) is 3.46. The number of urea groups is 1. The number of likely N-dealkylation sites (N-methyl/N-ethyl adjacent to an activating group) is 1. The van der Waals surface area contributed by atoms with Crippen molar-refractivity contribution in [1.82, 2.24) is 19.4 Å². The Hall–Kier alpha value is -5.38. The van der Waals surface area contributed by atoms with E-state index in [0.29, 0.717) is 47.1 Å². The zero-order valence-electron chi connectivity index (χ0n) is 29.2. The maximum atomic E-state index is 15.1. The number of ether oxygens (including phenoxy) is 3. The van der Waals surface area contributed by atoms with E-state index in [2.05, 4.69) is 10.6 Å². The van der Waals surface area contributed by atoms with E-state index in [0.717, 1.165) is 16.7 Å². The van der Waals surface area contributed by atoms with Gasteiger partial charge < -0.3 is 24.8 Å². The third-order valence-corrected chi connectivity index (χ3v) is 9.35. The van der Waals surface area contributed by atoms with Gasteiger partial charge in [-0.3, -0.25) is 19.1 Å². The fourth-order valence-corrected chi connectivity index (χ4v) is 6.84. The molecule has 0 radical (unpaired) electrons. The lowest BCUT2D eigenvalue weighted by molar-refractivity contribution is -0.141. The third-order valence-electron chi connectivity index (χ3n) is 8.05. The Morgan fingerprint density at radius 1 is 0.923 bits per heavy atom. The molecule has 52 heavy (non-hydrogen) atoms. The molecule has 0 bridgehead atoms. The molecule has 0 aliphatic heterocycles. The predicted molar refractivity (Wildman–Crippen MR) is 196 cm³/mol. The van der Waals surface area contributed by atoms with E-state index in [4.69, 9.17) is 14.2 Å². The van der Waals surface area contributed by atoms with Gasteiger partial charge in [-0.05, 0) is 73.6 Å². The molecule has 0 spiro atoms. The molecular weight excluding hydrogens is 696 g/mol. The molecule has 3 aromatic carbocycles. The topological polar surface area (TPSA) is 133 Å². The number of amides is 2. The number of methoxy groups -OCH3 is 1. The fraction of sp³-hybridized carbons (Fsp3) is 0.297. The van der Waals surface area contributed by atoms with E-state index in [1.165, 1.54) is 41.0 Å². The number of benzene rings is 3. The number of nitrogens with zero attached hydrogens (tertiary/aromatic N) is 3. The molecular formula is C37H39F2N5O7S. The lowest BCUT2D eigenvalue weighted by Gasteiger charge is -2.18. The summed E-state index contributed by atoms with van der Waals surface area (Å²) in [5.41, 5.74) is 0.326. The minimum atomic E-state index is -0.834. The van der Waals surface area contributed by atoms with E-state index < -0.39 is 35.4 Å². The van der Waals surface area contributed by atoms with E-state index in [-0.39, 0.29) is 47.3 Å². The van der Waals surface area contributed by atoms with Gasteiger partial charge in [0, 0.05) is 49.8 Å². The molecule has 5 aromatic rings. The van der Waals surface area contributed by atoms with Crippen LogP contribution >= 0.6 is 11.3 Å². The van der Waals surface area contributed by atoms with Crippen molar-refractivity contribution in [3.05, 3.63) is 110 Å². The van der Waals surface area contributed by atoms with Gasteiger partial charge >= 0.3 is 17.7 Å². The van der Waals surface area contributed by atoms with Crippen LogP contribution in [0, 0.1) is 11.6 Å². The van der Waals surface area contributed by atoms with Crippen molar-refractivity contribution in [3.8, 4) is 21.9 Å². The molecule has 2 N–H and O–H groups in total. The molecule has 0 fully saturated rings. The van der Waals surface area contributed by atoms with Gasteiger partial charge in [-0.1, -0.05) is 18.2 Å². The number of halogens is 2. The predicted octanol–water partition coefficient (Wildman–Crippen LogP) is 5.37. The number of esters is 1. The molecule has 0 saturated heterocycles. The smallest absolute Gasteiger partial charge is 0.337 e. The van der Waals surface area contributed by atoms with Crippen LogP contribution in [-0.4, -0.2) is 73.1 Å². The first-order valence-corrected chi connectivity index (χ1v) is 17.3. The summed E-state index contributed by atoms with van der Waals surface area (Å²) in [6, 6.07) is 16.3. The standard InChI is InChI=1S/C37H39F2N5O7S/c1-5-40-36(47)41-25-11-9-24(10-12-25)33-29(21-42(3)17-18-49-4)32-34(46)44(26-13-15-27(16-14-26)51-20-19-50-23(2)45)37(48)43(35(32)52-33)22-28-30(38)7-6-8-31(28)39/h6-16H,5,17-22H2,1-4H3,(H2,40,41,47). The van der Waals surface area contributed by atoms with E-state index >= 15 is 8.78 Å². The zero-order valence-corrected chi connectivity index (χ0v) is 30.0. The highest BCUT2D eigenvalue weighted by atomic mass is 32.1. The van der Waals surface area contributed by atoms with Crippen LogP contribution in [0.15, 0.2) is 76.3 Å². The number of carbonyl (C=O) groups is 2. The maximum absolute atomic E-state index is 15.1. The van der Waals surface area contributed by atoms with Gasteiger partial charge in [0.1, 0.15) is 35.4 Å². The lowest BCUT2D eigenvalue weighted by atomic mass is 10.1. The summed E-state index contributed by atoms with van der Waals surface area (Å²) >= 11 is 1.17. The average molecular weight is 736 g/mol. The number of rotatable bonds is 15. The van der Waals surface area contributed by atoms with Crippen molar-refractivity contribution in [2.75, 3.05) is 52.4 Å². The van der Waals surface area contributed by atoms with Crippen molar-refractivity contribution in [2.24, 2.45) is 0 Å². The lowest BCUT2D eigenvalue weighted by Crippen LogP contribution is -2.39. The van der Waals surface area contributed by atoms with Gasteiger partial charge in [-0.25, -0.2) is 22.9 Å². The minimum Gasteiger partial charge on any atom is -0.490 e. The van der Waals surface area contributed by atoms with Gasteiger partial charge in [-0.15, -0.1) is 11.3 Å². The second-order valence-corrected chi connectivity index (χ2v) is 12.8. The average Bonchev–Trinajstić information content (AvgIpc) is 3.48. The normalized spacial score (nSPS) is 11.2. The highest BCUT2D eigenvalue weighted by molar-refractivity contribution is 7.22. The number of hydrogen-bond donors (Lipinski definition) is 2. The molecule has 15 heteroatoms. The van der Waals surface area contributed by atoms with Crippen LogP contribution < -0.4 is 26.6 Å². The molecule has 12 nitrogen and oxygen atoms in total. The number of anilines is 1. The quantitative estimate of drug-likeness (QED) is 0.108. The van der Waals surface area contributed by atoms with Crippen molar-refractivity contribution in [2.45, 2.75) is 26.9 Å². The van der Waals surface area contributed by atoms with Crippen LogP contribution in [0.1, 0.15) is 25.0 Å². The Morgan fingerprint density at radius 3 is 2.25 bits per heavy atom. The number of aromatic nitrogens is 2. The highest BCUT2D eigenvalue weighted by Crippen LogP contribution is 2.38. The molecule has 2 aromatic heterocycles. The van der Waals surface area contributed by atoms with Crippen molar-refractivity contribution >= 4 is 39.2 Å². The van der Waals surface area contributed by atoms with E-state index in [1.807, 2.05) is 18.9 Å². The Balaban J connectivity index is 1.71. The molecule has 2 amide bonds. The number of hydrogen-bond acceptors (Lipinski definition) is 9. The highest BCUT2D eigenvalue weighted by Gasteiger charge is 2.26. The Morgan fingerprint density at radius 2 is 1.62 bits per heavy atom. The summed E-state index contributed by atoms with van der Waals surface area (Å²) in [6.07, 6.45) is 0. The second kappa shape index (κ2) is 17.2. The number of fused-ring (bicyclic) bond motifs is 1. The SMILES string of the molecule is CCNC(=O)Nc1ccc(-c2sc3c(c2CN(C)CCOC)c(=O)n(-c2ccc(OCCOC(C)=O)cc2)c(=O)n3Cc2c(F)cccc2F)cc1. The van der Waals surface area contributed by atoms with Gasteiger partial charge in [0.25, 0.3) is 5.56 Å². The molecule has 0 saturated carbocycles. The summed E-state index contributed by atoms with van der Waals surface area (Å²) in [4.78, 5) is 55.0. The molecule has 0 atom stereocenters.